The van der Waals surface area contributed by atoms with E-state index in [-0.39, 0.29) is 11.5 Å². The molecule has 3 heteroatoms. The third kappa shape index (κ3) is 3.21. The fraction of sp³-hybridized carbons (Fsp3) is 0.538. The fourth-order valence-electron chi connectivity index (χ4n) is 2.22. The molecule has 1 saturated heterocycles. The Labute approximate surface area is 102 Å². The minimum Gasteiger partial charge on any atom is -0.380 e. The van der Waals surface area contributed by atoms with Gasteiger partial charge >= 0.3 is 0 Å². The van der Waals surface area contributed by atoms with E-state index in [0.717, 1.165) is 26.1 Å². The van der Waals surface area contributed by atoms with E-state index in [4.69, 9.17) is 16.3 Å². The second kappa shape index (κ2) is 5.67. The lowest BCUT2D eigenvalue weighted by atomic mass is 10.1. The SMILES string of the molecule is COC1CC(Cl)CN(Cc2ccccc2)C1. The molecule has 2 rings (SSSR count). The van der Waals surface area contributed by atoms with Crippen molar-refractivity contribution in [2.45, 2.75) is 24.4 Å². The minimum atomic E-state index is 0.211. The van der Waals surface area contributed by atoms with E-state index in [2.05, 4.69) is 29.2 Å². The predicted octanol–water partition coefficient (Wildman–Crippen LogP) is 2.51. The van der Waals surface area contributed by atoms with E-state index in [1.54, 1.807) is 7.11 Å². The zero-order valence-electron chi connectivity index (χ0n) is 9.60. The Morgan fingerprint density at radius 1 is 1.31 bits per heavy atom. The third-order valence-electron chi connectivity index (χ3n) is 3.02. The molecule has 0 aliphatic carbocycles. The van der Waals surface area contributed by atoms with Crippen LogP contribution in [-0.2, 0) is 11.3 Å². The molecule has 1 aliphatic rings. The van der Waals surface area contributed by atoms with Gasteiger partial charge in [0.05, 0.1) is 6.10 Å². The summed E-state index contributed by atoms with van der Waals surface area (Å²) in [4.78, 5) is 2.37. The smallest absolute Gasteiger partial charge is 0.0712 e. The Balaban J connectivity index is 1.94. The number of rotatable bonds is 3. The standard InChI is InChI=1S/C13H18ClNO/c1-16-13-7-12(14)9-15(10-13)8-11-5-3-2-4-6-11/h2-6,12-13H,7-10H2,1H3. The number of hydrogen-bond donors (Lipinski definition) is 0. The summed E-state index contributed by atoms with van der Waals surface area (Å²) in [5.74, 6) is 0. The number of nitrogens with zero attached hydrogens (tertiary/aromatic N) is 1. The maximum Gasteiger partial charge on any atom is 0.0712 e. The molecular weight excluding hydrogens is 222 g/mol. The van der Waals surface area contributed by atoms with E-state index in [9.17, 15) is 0 Å². The van der Waals surface area contributed by atoms with Crippen LogP contribution in [0.3, 0.4) is 0 Å². The zero-order chi connectivity index (χ0) is 11.4. The second-order valence-electron chi connectivity index (χ2n) is 4.37. The number of hydrogen-bond acceptors (Lipinski definition) is 2. The molecule has 0 saturated carbocycles. The van der Waals surface area contributed by atoms with E-state index in [1.807, 2.05) is 6.07 Å². The molecule has 0 amide bonds. The summed E-state index contributed by atoms with van der Waals surface area (Å²) in [5, 5.41) is 0.211. The molecule has 16 heavy (non-hydrogen) atoms. The van der Waals surface area contributed by atoms with Gasteiger partial charge in [-0.2, -0.15) is 0 Å². The number of likely N-dealkylation sites (tertiary alicyclic amines) is 1. The molecule has 2 nitrogen and oxygen atoms in total. The van der Waals surface area contributed by atoms with Gasteiger partial charge in [0.25, 0.3) is 0 Å². The third-order valence-corrected chi connectivity index (χ3v) is 3.34. The molecular formula is C13H18ClNO. The maximum atomic E-state index is 6.23. The first-order chi connectivity index (χ1) is 7.78. The van der Waals surface area contributed by atoms with Crippen LogP contribution in [0.25, 0.3) is 0 Å². The summed E-state index contributed by atoms with van der Waals surface area (Å²) in [6, 6.07) is 10.5. The molecule has 1 heterocycles. The number of alkyl halides is 1. The predicted molar refractivity (Wildman–Crippen MR) is 66.8 cm³/mol. The van der Waals surface area contributed by atoms with Gasteiger partial charge < -0.3 is 4.74 Å². The van der Waals surface area contributed by atoms with Gasteiger partial charge in [0, 0.05) is 32.1 Å². The molecule has 1 fully saturated rings. The number of methoxy groups -OCH3 is 1. The Hall–Kier alpha value is -0.570. The van der Waals surface area contributed by atoms with Gasteiger partial charge in [-0.3, -0.25) is 4.90 Å². The lowest BCUT2D eigenvalue weighted by Crippen LogP contribution is -2.44. The van der Waals surface area contributed by atoms with E-state index in [1.165, 1.54) is 5.56 Å². The molecule has 2 unspecified atom stereocenters. The van der Waals surface area contributed by atoms with Gasteiger partial charge in [-0.05, 0) is 12.0 Å². The average Bonchev–Trinajstić information content (AvgIpc) is 2.29. The molecule has 0 spiro atoms. The van der Waals surface area contributed by atoms with Gasteiger partial charge in [0.1, 0.15) is 0 Å². The lowest BCUT2D eigenvalue weighted by Gasteiger charge is -2.34. The van der Waals surface area contributed by atoms with Crippen molar-refractivity contribution in [1.82, 2.24) is 4.90 Å². The molecule has 0 aromatic heterocycles. The Morgan fingerprint density at radius 3 is 2.75 bits per heavy atom. The van der Waals surface area contributed by atoms with Gasteiger partial charge in [0.2, 0.25) is 0 Å². The normalized spacial score (nSPS) is 26.9. The Bertz CT molecular complexity index is 317. The van der Waals surface area contributed by atoms with Crippen molar-refractivity contribution >= 4 is 11.6 Å². The van der Waals surface area contributed by atoms with Crippen molar-refractivity contribution in [2.24, 2.45) is 0 Å². The van der Waals surface area contributed by atoms with Crippen molar-refractivity contribution in [3.8, 4) is 0 Å². The topological polar surface area (TPSA) is 12.5 Å². The van der Waals surface area contributed by atoms with Crippen LogP contribution in [0.5, 0.6) is 0 Å². The molecule has 88 valence electrons. The van der Waals surface area contributed by atoms with Crippen LogP contribution in [0, 0.1) is 0 Å². The van der Waals surface area contributed by atoms with Crippen LogP contribution in [-0.4, -0.2) is 36.6 Å². The van der Waals surface area contributed by atoms with Gasteiger partial charge in [-0.15, -0.1) is 11.6 Å². The lowest BCUT2D eigenvalue weighted by molar-refractivity contribution is 0.0303. The zero-order valence-corrected chi connectivity index (χ0v) is 10.4. The van der Waals surface area contributed by atoms with Crippen LogP contribution < -0.4 is 0 Å². The quantitative estimate of drug-likeness (QED) is 0.752. The molecule has 1 aromatic carbocycles. The number of halogens is 1. The van der Waals surface area contributed by atoms with E-state index < -0.39 is 0 Å². The molecule has 2 atom stereocenters. The van der Waals surface area contributed by atoms with Crippen LogP contribution in [0.1, 0.15) is 12.0 Å². The van der Waals surface area contributed by atoms with Crippen molar-refractivity contribution in [1.29, 1.82) is 0 Å². The monoisotopic (exact) mass is 239 g/mol. The second-order valence-corrected chi connectivity index (χ2v) is 4.99. The summed E-state index contributed by atoms with van der Waals surface area (Å²) in [7, 11) is 1.76. The van der Waals surface area contributed by atoms with Crippen molar-refractivity contribution in [3.05, 3.63) is 35.9 Å². The Morgan fingerprint density at radius 2 is 2.06 bits per heavy atom. The van der Waals surface area contributed by atoms with Gasteiger partial charge in [-0.25, -0.2) is 0 Å². The highest BCUT2D eigenvalue weighted by Crippen LogP contribution is 2.19. The van der Waals surface area contributed by atoms with Crippen molar-refractivity contribution in [3.63, 3.8) is 0 Å². The first kappa shape index (κ1) is 11.9. The van der Waals surface area contributed by atoms with Crippen LogP contribution in [0.4, 0.5) is 0 Å². The highest BCUT2D eigenvalue weighted by molar-refractivity contribution is 6.20. The van der Waals surface area contributed by atoms with Gasteiger partial charge in [-0.1, -0.05) is 30.3 Å². The van der Waals surface area contributed by atoms with Crippen molar-refractivity contribution < 1.29 is 4.74 Å². The first-order valence-corrected chi connectivity index (χ1v) is 6.14. The Kier molecular flexibility index (Phi) is 4.22. The maximum absolute atomic E-state index is 6.23. The molecule has 1 aliphatic heterocycles. The summed E-state index contributed by atoms with van der Waals surface area (Å²) in [5.41, 5.74) is 1.34. The van der Waals surface area contributed by atoms with Crippen LogP contribution >= 0.6 is 11.6 Å². The highest BCUT2D eigenvalue weighted by atomic mass is 35.5. The van der Waals surface area contributed by atoms with Gasteiger partial charge in [0.15, 0.2) is 0 Å². The molecule has 0 bridgehead atoms. The summed E-state index contributed by atoms with van der Waals surface area (Å²) in [6.07, 6.45) is 1.24. The van der Waals surface area contributed by atoms with E-state index >= 15 is 0 Å². The largest absolute Gasteiger partial charge is 0.380 e. The summed E-state index contributed by atoms with van der Waals surface area (Å²) >= 11 is 6.23. The number of ether oxygens (including phenoxy) is 1. The van der Waals surface area contributed by atoms with E-state index in [0.29, 0.717) is 0 Å². The highest BCUT2D eigenvalue weighted by Gasteiger charge is 2.25. The van der Waals surface area contributed by atoms with Crippen molar-refractivity contribution in [2.75, 3.05) is 20.2 Å². The summed E-state index contributed by atoms with van der Waals surface area (Å²) < 4.78 is 5.40. The molecule has 1 aromatic rings. The first-order valence-electron chi connectivity index (χ1n) is 5.71. The molecule has 0 radical (unpaired) electrons. The number of benzene rings is 1. The molecule has 0 N–H and O–H groups in total. The number of piperidine rings is 1. The van der Waals surface area contributed by atoms with Crippen LogP contribution in [0.2, 0.25) is 0 Å². The average molecular weight is 240 g/mol. The fourth-order valence-corrected chi connectivity index (χ4v) is 2.61. The van der Waals surface area contributed by atoms with Crippen LogP contribution in [0.15, 0.2) is 30.3 Å². The minimum absolute atomic E-state index is 0.211. The summed E-state index contributed by atoms with van der Waals surface area (Å²) in [6.45, 7) is 2.90.